The van der Waals surface area contributed by atoms with E-state index in [1.54, 1.807) is 19.6 Å². The zero-order valence-corrected chi connectivity index (χ0v) is 21.5. The molecule has 2 heterocycles. The molecule has 0 saturated carbocycles. The number of nitrogens with zero attached hydrogens (tertiary/aromatic N) is 4. The number of carboxylic acids is 3. The Balaban J connectivity index is 2.12. The lowest BCUT2D eigenvalue weighted by molar-refractivity contribution is -0.253. The summed E-state index contributed by atoms with van der Waals surface area (Å²) >= 11 is 0. The average molecular weight is 566 g/mol. The van der Waals surface area contributed by atoms with Crippen LogP contribution in [0, 0.1) is 0 Å². The molecule has 5 atom stereocenters. The molecule has 39 heavy (non-hydrogen) atoms. The zero-order valence-electron chi connectivity index (χ0n) is 21.5. The Hall–Kier alpha value is -2.48. The minimum absolute atomic E-state index is 0.196. The van der Waals surface area contributed by atoms with Crippen LogP contribution in [0.25, 0.3) is 0 Å². The number of hydrogen-bond donors (Lipinski definition) is 8. The van der Waals surface area contributed by atoms with E-state index in [1.165, 1.54) is 0 Å². The lowest BCUT2D eigenvalue weighted by Crippen LogP contribution is -2.64. The molecule has 2 aliphatic rings. The molecule has 0 aliphatic carbocycles. The highest BCUT2D eigenvalue weighted by molar-refractivity contribution is 5.78. The summed E-state index contributed by atoms with van der Waals surface area (Å²) in [7, 11) is 0. The van der Waals surface area contributed by atoms with E-state index in [1.807, 2.05) is 0 Å². The first-order chi connectivity index (χ1) is 18.4. The highest BCUT2D eigenvalue weighted by atomic mass is 16.6. The molecule has 2 saturated heterocycles. The molecular formula is C22H39N5O12. The second-order valence-electron chi connectivity index (χ2n) is 9.61. The summed E-state index contributed by atoms with van der Waals surface area (Å²) in [6.45, 7) is -0.121. The molecule has 2 rings (SSSR count). The molecule has 2 fully saturated rings. The van der Waals surface area contributed by atoms with E-state index in [9.17, 15) is 54.9 Å². The lowest BCUT2D eigenvalue weighted by atomic mass is 9.97. The minimum atomic E-state index is -1.69. The molecule has 2 aliphatic heterocycles. The number of aliphatic hydroxyl groups excluding tert-OH is 4. The van der Waals surface area contributed by atoms with Crippen LogP contribution < -0.4 is 5.32 Å². The summed E-state index contributed by atoms with van der Waals surface area (Å²) in [6.07, 6.45) is -6.10. The van der Waals surface area contributed by atoms with Crippen molar-refractivity contribution in [2.75, 3.05) is 85.1 Å². The Labute approximate surface area is 224 Å². The van der Waals surface area contributed by atoms with Gasteiger partial charge in [-0.1, -0.05) is 0 Å². The van der Waals surface area contributed by atoms with E-state index in [0.717, 1.165) is 0 Å². The Morgan fingerprint density at radius 3 is 1.33 bits per heavy atom. The van der Waals surface area contributed by atoms with Crippen molar-refractivity contribution in [3.8, 4) is 0 Å². The van der Waals surface area contributed by atoms with Gasteiger partial charge >= 0.3 is 17.9 Å². The van der Waals surface area contributed by atoms with Crippen LogP contribution in [0.4, 0.5) is 0 Å². The third-order valence-corrected chi connectivity index (χ3v) is 6.60. The Bertz CT molecular complexity index is 803. The maximum atomic E-state index is 12.8. The summed E-state index contributed by atoms with van der Waals surface area (Å²) in [4.78, 5) is 53.3. The summed E-state index contributed by atoms with van der Waals surface area (Å²) in [5, 5.41) is 69.9. The molecule has 2 unspecified atom stereocenters. The number of carboxylic acid groups (broad SMARTS) is 3. The number of hydrogen-bond acceptors (Lipinski definition) is 13. The number of aliphatic hydroxyl groups is 4. The normalized spacial score (nSPS) is 29.2. The van der Waals surface area contributed by atoms with Crippen LogP contribution in [0.15, 0.2) is 0 Å². The predicted molar refractivity (Wildman–Crippen MR) is 131 cm³/mol. The first-order valence-corrected chi connectivity index (χ1v) is 12.5. The van der Waals surface area contributed by atoms with Gasteiger partial charge in [0.2, 0.25) is 5.91 Å². The van der Waals surface area contributed by atoms with Crippen molar-refractivity contribution in [1.82, 2.24) is 24.9 Å². The van der Waals surface area contributed by atoms with E-state index >= 15 is 0 Å². The molecule has 0 radical (unpaired) electrons. The molecule has 8 N–H and O–H groups in total. The SMILES string of the molecule is O=C(O)CN1CCN(CC(=O)O)CCN(CC(=O)NC2[C@H](O)OC(CO)[C@H](O)[C@H]2O)CCN(CC(=O)O)CC1. The average Bonchev–Trinajstić information content (AvgIpc) is 2.84. The standard InChI is InChI=1S/C22H39N5O12/c28-13-14-20(36)21(37)19(22(38)39-14)23-15(29)9-24-1-3-25(10-16(30)31)5-7-27(12-18(34)35)8-6-26(4-2-24)11-17(32)33/h14,19-22,28,36-38H,1-13H2,(H,23,29)(H,30,31)(H,32,33)(H,34,35)/t14?,19?,20-,21-,22+/m0/s1. The van der Waals surface area contributed by atoms with Crippen LogP contribution in [0.3, 0.4) is 0 Å². The van der Waals surface area contributed by atoms with Crippen molar-refractivity contribution >= 4 is 23.8 Å². The van der Waals surface area contributed by atoms with Crippen LogP contribution in [0.1, 0.15) is 0 Å². The van der Waals surface area contributed by atoms with Gasteiger partial charge in [-0.2, -0.15) is 0 Å². The molecule has 0 aromatic carbocycles. The van der Waals surface area contributed by atoms with Crippen LogP contribution in [-0.4, -0.2) is 195 Å². The second-order valence-corrected chi connectivity index (χ2v) is 9.61. The third-order valence-electron chi connectivity index (χ3n) is 6.60. The monoisotopic (exact) mass is 565 g/mol. The van der Waals surface area contributed by atoms with Gasteiger partial charge < -0.3 is 45.8 Å². The predicted octanol–water partition coefficient (Wildman–Crippen LogP) is -5.62. The highest BCUT2D eigenvalue weighted by Crippen LogP contribution is 2.19. The van der Waals surface area contributed by atoms with Gasteiger partial charge in [0.15, 0.2) is 6.29 Å². The second kappa shape index (κ2) is 15.9. The van der Waals surface area contributed by atoms with Gasteiger partial charge in [0.05, 0.1) is 32.8 Å². The molecule has 0 aromatic heterocycles. The summed E-state index contributed by atoms with van der Waals surface area (Å²) in [5.74, 6) is -3.87. The van der Waals surface area contributed by atoms with E-state index < -0.39 is 61.1 Å². The fourth-order valence-corrected chi connectivity index (χ4v) is 4.47. The number of carbonyl (C=O) groups excluding carboxylic acids is 1. The zero-order chi connectivity index (χ0) is 29.1. The third kappa shape index (κ3) is 11.3. The van der Waals surface area contributed by atoms with Gasteiger partial charge in [-0.25, -0.2) is 0 Å². The lowest BCUT2D eigenvalue weighted by Gasteiger charge is -2.40. The Kier molecular flexibility index (Phi) is 13.4. The largest absolute Gasteiger partial charge is 0.480 e. The van der Waals surface area contributed by atoms with Crippen LogP contribution >= 0.6 is 0 Å². The van der Waals surface area contributed by atoms with Gasteiger partial charge in [0, 0.05) is 52.4 Å². The molecule has 17 heteroatoms. The Morgan fingerprint density at radius 2 is 1.00 bits per heavy atom. The van der Waals surface area contributed by atoms with E-state index in [-0.39, 0.29) is 78.5 Å². The van der Waals surface area contributed by atoms with Crippen molar-refractivity contribution in [2.45, 2.75) is 30.6 Å². The Morgan fingerprint density at radius 1 is 0.641 bits per heavy atom. The maximum Gasteiger partial charge on any atom is 0.317 e. The number of amides is 1. The smallest absolute Gasteiger partial charge is 0.317 e. The first kappa shape index (κ1) is 32.7. The van der Waals surface area contributed by atoms with Crippen molar-refractivity contribution in [1.29, 1.82) is 0 Å². The molecule has 0 spiro atoms. The minimum Gasteiger partial charge on any atom is -0.480 e. The fraction of sp³-hybridized carbons (Fsp3) is 0.818. The first-order valence-electron chi connectivity index (χ1n) is 12.5. The number of carbonyl (C=O) groups is 4. The van der Waals surface area contributed by atoms with Crippen molar-refractivity contribution in [3.63, 3.8) is 0 Å². The van der Waals surface area contributed by atoms with Gasteiger partial charge in [0.1, 0.15) is 24.4 Å². The van der Waals surface area contributed by atoms with Crippen LogP contribution in [-0.2, 0) is 23.9 Å². The molecule has 17 nitrogen and oxygen atoms in total. The maximum absolute atomic E-state index is 12.8. The summed E-state index contributed by atoms with van der Waals surface area (Å²) < 4.78 is 5.05. The van der Waals surface area contributed by atoms with Crippen molar-refractivity contribution in [2.24, 2.45) is 0 Å². The molecule has 0 bridgehead atoms. The van der Waals surface area contributed by atoms with Crippen LogP contribution in [0.2, 0.25) is 0 Å². The molecule has 0 aromatic rings. The van der Waals surface area contributed by atoms with Gasteiger partial charge in [-0.3, -0.25) is 38.8 Å². The van der Waals surface area contributed by atoms with E-state index in [0.29, 0.717) is 0 Å². The quantitative estimate of drug-likeness (QED) is 0.123. The van der Waals surface area contributed by atoms with Gasteiger partial charge in [-0.05, 0) is 0 Å². The van der Waals surface area contributed by atoms with E-state index in [4.69, 9.17) is 4.74 Å². The number of nitrogens with one attached hydrogen (secondary N) is 1. The van der Waals surface area contributed by atoms with Crippen molar-refractivity contribution in [3.05, 3.63) is 0 Å². The van der Waals surface area contributed by atoms with Crippen LogP contribution in [0.5, 0.6) is 0 Å². The fourth-order valence-electron chi connectivity index (χ4n) is 4.47. The summed E-state index contributed by atoms with van der Waals surface area (Å²) in [5.41, 5.74) is 0. The summed E-state index contributed by atoms with van der Waals surface area (Å²) in [6, 6.07) is -1.38. The van der Waals surface area contributed by atoms with E-state index in [2.05, 4.69) is 5.32 Å². The number of rotatable bonds is 10. The topological polar surface area (TPSA) is 244 Å². The molecule has 224 valence electrons. The van der Waals surface area contributed by atoms with Gasteiger partial charge in [0.25, 0.3) is 0 Å². The highest BCUT2D eigenvalue weighted by Gasteiger charge is 2.44. The van der Waals surface area contributed by atoms with Gasteiger partial charge in [-0.15, -0.1) is 0 Å². The molecule has 1 amide bonds. The van der Waals surface area contributed by atoms with Crippen molar-refractivity contribution < 1.29 is 59.7 Å². The number of aliphatic carboxylic acids is 3. The molecular weight excluding hydrogens is 526 g/mol. The number of ether oxygens (including phenoxy) is 1.